The molecule has 5 nitrogen and oxygen atoms in total. The van der Waals surface area contributed by atoms with Crippen LogP contribution in [0.4, 0.5) is 0 Å². The van der Waals surface area contributed by atoms with E-state index in [9.17, 15) is 4.79 Å². The molecule has 2 N–H and O–H groups in total. The smallest absolute Gasteiger partial charge is 0.250 e. The molecule has 0 aliphatic heterocycles. The van der Waals surface area contributed by atoms with Gasteiger partial charge in [0.15, 0.2) is 5.96 Å². The first-order chi connectivity index (χ1) is 13.1. The fourth-order valence-corrected chi connectivity index (χ4v) is 3.45. The predicted octanol–water partition coefficient (Wildman–Crippen LogP) is 3.41. The van der Waals surface area contributed by atoms with Gasteiger partial charge in [-0.15, -0.1) is 11.8 Å². The van der Waals surface area contributed by atoms with Crippen molar-refractivity contribution in [2.45, 2.75) is 44.7 Å². The lowest BCUT2D eigenvalue weighted by atomic mass is 10.1. The third kappa shape index (κ3) is 7.13. The van der Waals surface area contributed by atoms with Gasteiger partial charge in [-0.25, -0.2) is 4.99 Å². The Bertz CT molecular complexity index is 801. The lowest BCUT2D eigenvalue weighted by molar-refractivity contribution is 0.585. The van der Waals surface area contributed by atoms with Crippen LogP contribution in [0.1, 0.15) is 30.9 Å². The highest BCUT2D eigenvalue weighted by atomic mass is 32.2. The lowest BCUT2D eigenvalue weighted by Crippen LogP contribution is -2.37. The fourth-order valence-electron chi connectivity index (χ4n) is 2.75. The minimum atomic E-state index is 0.0584. The molecule has 0 amide bonds. The molecule has 0 atom stereocenters. The van der Waals surface area contributed by atoms with Gasteiger partial charge in [0.1, 0.15) is 0 Å². The predicted molar refractivity (Wildman–Crippen MR) is 116 cm³/mol. The molecule has 0 radical (unpaired) electrons. The van der Waals surface area contributed by atoms with Crippen LogP contribution in [0.25, 0.3) is 0 Å². The Morgan fingerprint density at radius 3 is 2.78 bits per heavy atom. The first-order valence-corrected chi connectivity index (χ1v) is 10.7. The van der Waals surface area contributed by atoms with Crippen molar-refractivity contribution < 1.29 is 0 Å². The van der Waals surface area contributed by atoms with Crippen molar-refractivity contribution in [1.29, 1.82) is 0 Å². The maximum Gasteiger partial charge on any atom is 0.250 e. The van der Waals surface area contributed by atoms with Gasteiger partial charge in [0.25, 0.3) is 0 Å². The molecule has 146 valence electrons. The van der Waals surface area contributed by atoms with E-state index in [2.05, 4.69) is 48.9 Å². The summed E-state index contributed by atoms with van der Waals surface area (Å²) in [6.45, 7) is 7.24. The van der Waals surface area contributed by atoms with Gasteiger partial charge in [0, 0.05) is 36.8 Å². The number of aromatic nitrogens is 1. The SMILES string of the molecule is CCNC(=NCc1ccc(C)cc1SC)NCCCCn1ccccc1=O. The molecule has 1 heterocycles. The number of pyridine rings is 1. The zero-order valence-electron chi connectivity index (χ0n) is 16.5. The zero-order valence-corrected chi connectivity index (χ0v) is 17.3. The third-order valence-electron chi connectivity index (χ3n) is 4.21. The molecule has 2 aromatic rings. The van der Waals surface area contributed by atoms with Crippen LogP contribution in [0, 0.1) is 6.92 Å². The van der Waals surface area contributed by atoms with Crippen LogP contribution in [0.15, 0.2) is 57.3 Å². The summed E-state index contributed by atoms with van der Waals surface area (Å²) in [6, 6.07) is 11.8. The van der Waals surface area contributed by atoms with E-state index >= 15 is 0 Å². The molecule has 0 spiro atoms. The quantitative estimate of drug-likeness (QED) is 0.300. The number of aliphatic imine (C=N–C) groups is 1. The number of benzene rings is 1. The highest BCUT2D eigenvalue weighted by molar-refractivity contribution is 7.98. The van der Waals surface area contributed by atoms with E-state index in [-0.39, 0.29) is 5.56 Å². The third-order valence-corrected chi connectivity index (χ3v) is 5.03. The summed E-state index contributed by atoms with van der Waals surface area (Å²) in [4.78, 5) is 17.7. The maximum absolute atomic E-state index is 11.7. The molecule has 1 aromatic heterocycles. The van der Waals surface area contributed by atoms with Gasteiger partial charge in [-0.1, -0.05) is 18.2 Å². The number of nitrogens with zero attached hydrogens (tertiary/aromatic N) is 2. The number of aryl methyl sites for hydroxylation is 2. The Hall–Kier alpha value is -2.21. The minimum Gasteiger partial charge on any atom is -0.357 e. The largest absolute Gasteiger partial charge is 0.357 e. The molecule has 0 aliphatic rings. The second-order valence-corrected chi connectivity index (χ2v) is 7.22. The number of hydrogen-bond acceptors (Lipinski definition) is 3. The van der Waals surface area contributed by atoms with Crippen LogP contribution in [0.2, 0.25) is 0 Å². The van der Waals surface area contributed by atoms with Crippen LogP contribution in [-0.2, 0) is 13.1 Å². The topological polar surface area (TPSA) is 58.4 Å². The average Bonchev–Trinajstić information content (AvgIpc) is 2.67. The molecular weight excluding hydrogens is 356 g/mol. The normalized spacial score (nSPS) is 11.4. The minimum absolute atomic E-state index is 0.0584. The van der Waals surface area contributed by atoms with Crippen LogP contribution in [0.3, 0.4) is 0 Å². The van der Waals surface area contributed by atoms with Gasteiger partial charge >= 0.3 is 0 Å². The zero-order chi connectivity index (χ0) is 19.5. The van der Waals surface area contributed by atoms with Crippen molar-refractivity contribution in [3.05, 3.63) is 64.1 Å². The molecule has 0 fully saturated rings. The van der Waals surface area contributed by atoms with E-state index in [0.717, 1.165) is 38.4 Å². The van der Waals surface area contributed by atoms with E-state index in [1.54, 1.807) is 28.5 Å². The standard InChI is InChI=1S/C21H30N4OS/c1-4-22-21(24-16-18-11-10-17(2)15-19(18)27-3)23-12-6-8-14-25-13-7-5-9-20(25)26/h5,7,9-11,13,15H,4,6,8,12,14,16H2,1-3H3,(H2,22,23,24). The van der Waals surface area contributed by atoms with E-state index in [0.29, 0.717) is 6.54 Å². The number of unbranched alkanes of at least 4 members (excludes halogenated alkanes) is 1. The van der Waals surface area contributed by atoms with Gasteiger partial charge in [-0.05, 0) is 56.2 Å². The van der Waals surface area contributed by atoms with Crippen molar-refractivity contribution in [3.8, 4) is 0 Å². The first kappa shape index (κ1) is 21.1. The number of thioether (sulfide) groups is 1. The average molecular weight is 387 g/mol. The van der Waals surface area contributed by atoms with E-state index in [1.165, 1.54) is 16.0 Å². The van der Waals surface area contributed by atoms with Crippen molar-refractivity contribution in [3.63, 3.8) is 0 Å². The van der Waals surface area contributed by atoms with Gasteiger partial charge in [0.05, 0.1) is 6.54 Å². The van der Waals surface area contributed by atoms with Crippen LogP contribution >= 0.6 is 11.8 Å². The summed E-state index contributed by atoms with van der Waals surface area (Å²) < 4.78 is 1.75. The van der Waals surface area contributed by atoms with Crippen LogP contribution in [-0.4, -0.2) is 29.9 Å². The summed E-state index contributed by atoms with van der Waals surface area (Å²) >= 11 is 1.76. The highest BCUT2D eigenvalue weighted by Crippen LogP contribution is 2.22. The van der Waals surface area contributed by atoms with E-state index < -0.39 is 0 Å². The lowest BCUT2D eigenvalue weighted by Gasteiger charge is -2.12. The monoisotopic (exact) mass is 386 g/mol. The van der Waals surface area contributed by atoms with Gasteiger partial charge in [0.2, 0.25) is 5.56 Å². The van der Waals surface area contributed by atoms with Crippen molar-refractivity contribution in [1.82, 2.24) is 15.2 Å². The first-order valence-electron chi connectivity index (χ1n) is 9.45. The summed E-state index contributed by atoms with van der Waals surface area (Å²) in [5.41, 5.74) is 2.58. The van der Waals surface area contributed by atoms with Gasteiger partial charge in [-0.3, -0.25) is 4.79 Å². The van der Waals surface area contributed by atoms with Crippen LogP contribution in [0.5, 0.6) is 0 Å². The molecule has 0 aliphatic carbocycles. The molecule has 0 saturated carbocycles. The molecule has 27 heavy (non-hydrogen) atoms. The molecule has 0 saturated heterocycles. The van der Waals surface area contributed by atoms with E-state index in [4.69, 9.17) is 4.99 Å². The van der Waals surface area contributed by atoms with Crippen molar-refractivity contribution in [2.24, 2.45) is 4.99 Å². The molecule has 1 aromatic carbocycles. The van der Waals surface area contributed by atoms with Gasteiger partial charge < -0.3 is 15.2 Å². The Kier molecular flexibility index (Phi) is 8.98. The maximum atomic E-state index is 11.7. The van der Waals surface area contributed by atoms with Crippen LogP contribution < -0.4 is 16.2 Å². The second kappa shape index (κ2) is 11.5. The second-order valence-electron chi connectivity index (χ2n) is 6.38. The fraction of sp³-hybridized carbons (Fsp3) is 0.429. The Balaban J connectivity index is 1.83. The Morgan fingerprint density at radius 2 is 2.04 bits per heavy atom. The molecular formula is C21H30N4OS. The number of nitrogens with one attached hydrogen (secondary N) is 2. The highest BCUT2D eigenvalue weighted by Gasteiger charge is 2.03. The van der Waals surface area contributed by atoms with Crippen molar-refractivity contribution in [2.75, 3.05) is 19.3 Å². The molecule has 2 rings (SSSR count). The number of rotatable bonds is 9. The molecule has 0 unspecified atom stereocenters. The number of hydrogen-bond donors (Lipinski definition) is 2. The molecule has 0 bridgehead atoms. The van der Waals surface area contributed by atoms with Gasteiger partial charge in [-0.2, -0.15) is 0 Å². The van der Waals surface area contributed by atoms with E-state index in [1.807, 2.05) is 12.3 Å². The summed E-state index contributed by atoms with van der Waals surface area (Å²) in [7, 11) is 0. The molecule has 6 heteroatoms. The summed E-state index contributed by atoms with van der Waals surface area (Å²) in [5, 5.41) is 6.68. The summed E-state index contributed by atoms with van der Waals surface area (Å²) in [5.74, 6) is 0.835. The number of guanidine groups is 1. The Labute approximate surface area is 166 Å². The van der Waals surface area contributed by atoms with Crippen molar-refractivity contribution >= 4 is 17.7 Å². The Morgan fingerprint density at radius 1 is 1.19 bits per heavy atom. The summed E-state index contributed by atoms with van der Waals surface area (Å²) in [6.07, 6.45) is 5.87.